The van der Waals surface area contributed by atoms with Crippen LogP contribution in [0, 0.1) is 0 Å². The molecular formula is C25H29N3O6. The molecule has 0 bridgehead atoms. The zero-order valence-electron chi connectivity index (χ0n) is 19.3. The van der Waals surface area contributed by atoms with Crippen molar-refractivity contribution in [1.82, 2.24) is 10.2 Å². The molecule has 9 nitrogen and oxygen atoms in total. The Hall–Kier alpha value is -4.01. The number of methoxy groups -OCH3 is 1. The fourth-order valence-electron chi connectivity index (χ4n) is 3.73. The molecular weight excluding hydrogens is 438 g/mol. The van der Waals surface area contributed by atoms with E-state index in [1.165, 1.54) is 0 Å². The van der Waals surface area contributed by atoms with Crippen LogP contribution in [0.5, 0.6) is 11.5 Å². The summed E-state index contributed by atoms with van der Waals surface area (Å²) in [5, 5.41) is 5.22. The molecule has 0 saturated heterocycles. The maximum absolute atomic E-state index is 12.5. The molecule has 1 heterocycles. The third kappa shape index (κ3) is 6.50. The van der Waals surface area contributed by atoms with Crippen molar-refractivity contribution in [2.24, 2.45) is 5.73 Å². The molecule has 3 aromatic rings. The van der Waals surface area contributed by atoms with E-state index in [9.17, 15) is 14.4 Å². The van der Waals surface area contributed by atoms with E-state index >= 15 is 0 Å². The van der Waals surface area contributed by atoms with Crippen molar-refractivity contribution in [2.75, 3.05) is 20.3 Å². The number of primary amides is 1. The average Bonchev–Trinajstić information content (AvgIpc) is 3.18. The van der Waals surface area contributed by atoms with Crippen LogP contribution in [0.2, 0.25) is 0 Å². The number of aromatic nitrogens is 2. The lowest BCUT2D eigenvalue weighted by Gasteiger charge is -2.16. The number of hydrogen-bond acceptors (Lipinski definition) is 6. The summed E-state index contributed by atoms with van der Waals surface area (Å²) in [5.41, 5.74) is 7.55. The molecule has 9 heteroatoms. The highest BCUT2D eigenvalue weighted by molar-refractivity contribution is 5.76. The average molecular weight is 468 g/mol. The molecule has 0 spiro atoms. The van der Waals surface area contributed by atoms with Crippen LogP contribution < -0.4 is 20.8 Å². The summed E-state index contributed by atoms with van der Waals surface area (Å²) >= 11 is 0. The lowest BCUT2D eigenvalue weighted by atomic mass is 9.87. The molecule has 1 amide bonds. The maximum Gasteiger partial charge on any atom is 0.311 e. The number of ether oxygens (including phenoxy) is 3. The van der Waals surface area contributed by atoms with Crippen molar-refractivity contribution in [3.8, 4) is 11.5 Å². The van der Waals surface area contributed by atoms with Gasteiger partial charge in [-0.1, -0.05) is 24.3 Å². The third-order valence-corrected chi connectivity index (χ3v) is 5.38. The number of amides is 1. The van der Waals surface area contributed by atoms with E-state index in [1.807, 2.05) is 24.3 Å². The molecule has 0 radical (unpaired) electrons. The first-order valence-electron chi connectivity index (χ1n) is 11.0. The molecule has 0 aliphatic carbocycles. The Morgan fingerprint density at radius 3 is 2.29 bits per heavy atom. The molecule has 0 aliphatic rings. The van der Waals surface area contributed by atoms with Crippen LogP contribution in [0.3, 0.4) is 0 Å². The summed E-state index contributed by atoms with van der Waals surface area (Å²) < 4.78 is 16.0. The van der Waals surface area contributed by atoms with Crippen molar-refractivity contribution in [3.05, 3.63) is 81.3 Å². The van der Waals surface area contributed by atoms with Crippen LogP contribution in [0.15, 0.2) is 53.3 Å². The number of esters is 1. The van der Waals surface area contributed by atoms with Gasteiger partial charge < -0.3 is 25.0 Å². The van der Waals surface area contributed by atoms with E-state index in [0.717, 1.165) is 17.7 Å². The Labute approximate surface area is 197 Å². The van der Waals surface area contributed by atoms with Gasteiger partial charge in [0.1, 0.15) is 11.5 Å². The monoisotopic (exact) mass is 467 g/mol. The van der Waals surface area contributed by atoms with Crippen LogP contribution in [-0.4, -0.2) is 42.4 Å². The van der Waals surface area contributed by atoms with E-state index in [-0.39, 0.29) is 19.4 Å². The van der Waals surface area contributed by atoms with E-state index in [1.54, 1.807) is 38.3 Å². The summed E-state index contributed by atoms with van der Waals surface area (Å²) in [5.74, 6) is -0.197. The van der Waals surface area contributed by atoms with Crippen molar-refractivity contribution in [1.29, 1.82) is 0 Å². The van der Waals surface area contributed by atoms with Crippen LogP contribution >= 0.6 is 0 Å². The van der Waals surface area contributed by atoms with Gasteiger partial charge in [-0.3, -0.25) is 19.5 Å². The summed E-state index contributed by atoms with van der Waals surface area (Å²) in [6.45, 7) is 2.42. The Bertz CT molecular complexity index is 1150. The normalized spacial score (nSPS) is 11.6. The molecule has 0 unspecified atom stereocenters. The largest absolute Gasteiger partial charge is 0.497 e. The third-order valence-electron chi connectivity index (χ3n) is 5.38. The molecule has 4 N–H and O–H groups in total. The second-order valence-electron chi connectivity index (χ2n) is 7.69. The minimum Gasteiger partial charge on any atom is -0.497 e. The molecule has 0 saturated carbocycles. The van der Waals surface area contributed by atoms with E-state index in [0.29, 0.717) is 29.2 Å². The summed E-state index contributed by atoms with van der Waals surface area (Å²) in [6, 6.07) is 14.9. The molecule has 180 valence electrons. The first-order chi connectivity index (χ1) is 16.4. The summed E-state index contributed by atoms with van der Waals surface area (Å²) in [6.07, 6.45) is 0.518. The fraction of sp³-hybridized carbons (Fsp3) is 0.320. The number of carbonyl (C=O) groups excluding carboxylic acids is 2. The first-order valence-corrected chi connectivity index (χ1v) is 11.0. The Kier molecular flexibility index (Phi) is 8.50. The van der Waals surface area contributed by atoms with Gasteiger partial charge in [-0.15, -0.1) is 0 Å². The topological polar surface area (TPSA) is 136 Å². The molecule has 1 atom stereocenters. The molecule has 0 fully saturated rings. The number of nitrogens with two attached hydrogens (primary N) is 1. The number of hydrogen-bond donors (Lipinski definition) is 3. The predicted molar refractivity (Wildman–Crippen MR) is 126 cm³/mol. The second-order valence-corrected chi connectivity index (χ2v) is 7.69. The number of carbonyl (C=O) groups is 2. The van der Waals surface area contributed by atoms with Gasteiger partial charge in [-0.2, -0.15) is 0 Å². The van der Waals surface area contributed by atoms with Gasteiger partial charge in [-0.25, -0.2) is 0 Å². The number of benzene rings is 2. The fourth-order valence-corrected chi connectivity index (χ4v) is 3.73. The van der Waals surface area contributed by atoms with Crippen LogP contribution in [0.25, 0.3) is 0 Å². The number of aromatic amines is 2. The highest BCUT2D eigenvalue weighted by Gasteiger charge is 2.26. The first kappa shape index (κ1) is 24.6. The van der Waals surface area contributed by atoms with Crippen molar-refractivity contribution in [3.63, 3.8) is 0 Å². The quantitative estimate of drug-likeness (QED) is 0.350. The zero-order valence-corrected chi connectivity index (χ0v) is 19.3. The predicted octanol–water partition coefficient (Wildman–Crippen LogP) is 2.45. The second kappa shape index (κ2) is 11.7. The Morgan fingerprint density at radius 2 is 1.68 bits per heavy atom. The van der Waals surface area contributed by atoms with Crippen molar-refractivity contribution >= 4 is 11.9 Å². The van der Waals surface area contributed by atoms with Gasteiger partial charge in [0.25, 0.3) is 5.56 Å². The standard InChI is InChI=1S/C25H29N3O6/c1-3-33-23(30)15-21-24(25(31)28-27-21)20(14-22(26)29)17-6-10-19(11-7-17)34-13-12-16-4-8-18(32-2)9-5-16/h4-11,20H,3,12-15H2,1-2H3,(H2,26,29)(H2,27,28,31)/t20-/m0/s1. The summed E-state index contributed by atoms with van der Waals surface area (Å²) in [7, 11) is 1.63. The smallest absolute Gasteiger partial charge is 0.311 e. The number of rotatable bonds is 12. The molecule has 2 aromatic carbocycles. The summed E-state index contributed by atoms with van der Waals surface area (Å²) in [4.78, 5) is 36.3. The maximum atomic E-state index is 12.5. The van der Waals surface area contributed by atoms with Gasteiger partial charge in [0.05, 0.1) is 32.4 Å². The molecule has 1 aromatic heterocycles. The van der Waals surface area contributed by atoms with Gasteiger partial charge >= 0.3 is 5.97 Å². The Morgan fingerprint density at radius 1 is 1.00 bits per heavy atom. The van der Waals surface area contributed by atoms with Crippen LogP contribution in [-0.2, 0) is 27.2 Å². The highest BCUT2D eigenvalue weighted by atomic mass is 16.5. The zero-order chi connectivity index (χ0) is 24.5. The molecule has 34 heavy (non-hydrogen) atoms. The van der Waals surface area contributed by atoms with Gasteiger partial charge in [0, 0.05) is 24.3 Å². The highest BCUT2D eigenvalue weighted by Crippen LogP contribution is 2.29. The molecule has 0 aliphatic heterocycles. The number of nitrogens with one attached hydrogen (secondary N) is 2. The lowest BCUT2D eigenvalue weighted by Crippen LogP contribution is -2.21. The van der Waals surface area contributed by atoms with E-state index < -0.39 is 23.4 Å². The van der Waals surface area contributed by atoms with Crippen LogP contribution in [0.4, 0.5) is 0 Å². The number of H-pyrrole nitrogens is 2. The van der Waals surface area contributed by atoms with Crippen molar-refractivity contribution in [2.45, 2.75) is 32.1 Å². The van der Waals surface area contributed by atoms with Gasteiger partial charge in [0.15, 0.2) is 0 Å². The SMILES string of the molecule is CCOC(=O)Cc1[nH][nH]c(=O)c1[C@@H](CC(N)=O)c1ccc(OCCc2ccc(OC)cc2)cc1. The van der Waals surface area contributed by atoms with Gasteiger partial charge in [-0.05, 0) is 42.3 Å². The van der Waals surface area contributed by atoms with E-state index in [2.05, 4.69) is 10.2 Å². The Balaban J connectivity index is 1.73. The molecule has 3 rings (SSSR count). The van der Waals surface area contributed by atoms with Crippen molar-refractivity contribution < 1.29 is 23.8 Å². The lowest BCUT2D eigenvalue weighted by molar-refractivity contribution is -0.142. The van der Waals surface area contributed by atoms with Gasteiger partial charge in [0.2, 0.25) is 5.91 Å². The minimum atomic E-state index is -0.620. The van der Waals surface area contributed by atoms with Crippen LogP contribution in [0.1, 0.15) is 41.6 Å². The van der Waals surface area contributed by atoms with E-state index in [4.69, 9.17) is 19.9 Å². The minimum absolute atomic E-state index is 0.0889.